The molecule has 5 rings (SSSR count). The van der Waals surface area contributed by atoms with E-state index >= 15 is 0 Å². The van der Waals surface area contributed by atoms with Gasteiger partial charge in [0.05, 0.1) is 7.11 Å². The van der Waals surface area contributed by atoms with E-state index in [-0.39, 0.29) is 5.56 Å². The number of hydrogen-bond acceptors (Lipinski definition) is 7. The number of methoxy groups -OCH3 is 1. The lowest BCUT2D eigenvalue weighted by atomic mass is 10.1. The van der Waals surface area contributed by atoms with E-state index in [2.05, 4.69) is 26.2 Å². The van der Waals surface area contributed by atoms with Crippen LogP contribution in [0.2, 0.25) is 5.02 Å². The number of ether oxygens (including phenoxy) is 1. The average molecular weight is 465 g/mol. The fourth-order valence-electron chi connectivity index (χ4n) is 4.33. The molecule has 2 aliphatic rings. The third kappa shape index (κ3) is 4.14. The monoisotopic (exact) mass is 464 g/mol. The average Bonchev–Trinajstić information content (AvgIpc) is 2.83. The Labute approximate surface area is 197 Å². The molecule has 0 aliphatic carbocycles. The van der Waals surface area contributed by atoms with E-state index in [9.17, 15) is 4.79 Å². The molecule has 1 saturated heterocycles. The van der Waals surface area contributed by atoms with Crippen molar-refractivity contribution in [2.24, 2.45) is 4.99 Å². The third-order valence-corrected chi connectivity index (χ3v) is 6.20. The minimum absolute atomic E-state index is 0.158. The highest BCUT2D eigenvalue weighted by Gasteiger charge is 2.30. The van der Waals surface area contributed by atoms with Gasteiger partial charge in [-0.3, -0.25) is 14.7 Å². The zero-order chi connectivity index (χ0) is 22.9. The van der Waals surface area contributed by atoms with Crippen LogP contribution in [0.5, 0.6) is 5.75 Å². The zero-order valence-electron chi connectivity index (χ0n) is 18.5. The van der Waals surface area contributed by atoms with Crippen molar-refractivity contribution in [2.75, 3.05) is 43.5 Å². The van der Waals surface area contributed by atoms with Gasteiger partial charge in [0.15, 0.2) is 6.17 Å². The largest absolute Gasteiger partial charge is 0.496 e. The van der Waals surface area contributed by atoms with Gasteiger partial charge in [0, 0.05) is 54.2 Å². The number of aliphatic imine (C=N–C) groups is 1. The summed E-state index contributed by atoms with van der Waals surface area (Å²) in [7, 11) is 1.62. The number of aryl methyl sites for hydroxylation is 1. The fourth-order valence-corrected chi connectivity index (χ4v) is 4.52. The topological polar surface area (TPSA) is 75.0 Å². The Balaban J connectivity index is 1.47. The predicted molar refractivity (Wildman–Crippen MR) is 131 cm³/mol. The first kappa shape index (κ1) is 21.3. The van der Waals surface area contributed by atoms with Crippen LogP contribution >= 0.6 is 11.6 Å². The first-order valence-corrected chi connectivity index (χ1v) is 11.2. The standard InChI is InChI=1S/C24H25ClN6O2/c1-16-14-21(32)31-22(19-8-3-4-9-20(19)33-2)27-23(28-24(31)26-16)30-12-10-29(11-13-30)18-7-5-6-17(25)15-18/h3-9,14-15,22H,10-13H2,1-2H3,(H,26,27,28). The first-order valence-electron chi connectivity index (χ1n) is 10.9. The summed E-state index contributed by atoms with van der Waals surface area (Å²) >= 11 is 6.18. The number of guanidine groups is 1. The molecule has 9 heteroatoms. The van der Waals surface area contributed by atoms with Gasteiger partial charge in [-0.2, -0.15) is 0 Å². The lowest BCUT2D eigenvalue weighted by Gasteiger charge is -2.39. The Morgan fingerprint density at radius 1 is 1.03 bits per heavy atom. The molecule has 2 aliphatic heterocycles. The molecule has 1 unspecified atom stereocenters. The summed E-state index contributed by atoms with van der Waals surface area (Å²) in [5, 5.41) is 4.03. The number of anilines is 2. The highest BCUT2D eigenvalue weighted by atomic mass is 35.5. The minimum Gasteiger partial charge on any atom is -0.496 e. The molecule has 0 radical (unpaired) electrons. The molecule has 8 nitrogen and oxygen atoms in total. The number of fused-ring (bicyclic) bond motifs is 1. The molecular weight excluding hydrogens is 440 g/mol. The molecule has 0 saturated carbocycles. The molecule has 1 N–H and O–H groups in total. The molecule has 2 aromatic carbocycles. The molecule has 1 aromatic heterocycles. The molecule has 0 amide bonds. The summed E-state index contributed by atoms with van der Waals surface area (Å²) in [5.41, 5.74) is 2.42. The Bertz CT molecular complexity index is 1270. The van der Waals surface area contributed by atoms with Crippen LogP contribution in [0, 0.1) is 6.92 Å². The number of rotatable bonds is 3. The second-order valence-electron chi connectivity index (χ2n) is 8.08. The quantitative estimate of drug-likeness (QED) is 0.640. The van der Waals surface area contributed by atoms with Crippen molar-refractivity contribution < 1.29 is 4.74 Å². The first-order chi connectivity index (χ1) is 16.0. The van der Waals surface area contributed by atoms with Gasteiger partial charge in [-0.1, -0.05) is 35.9 Å². The van der Waals surface area contributed by atoms with Crippen molar-refractivity contribution >= 4 is 29.2 Å². The summed E-state index contributed by atoms with van der Waals surface area (Å²) in [6, 6.07) is 17.1. The Morgan fingerprint density at radius 2 is 1.79 bits per heavy atom. The Morgan fingerprint density at radius 3 is 2.55 bits per heavy atom. The fraction of sp³-hybridized carbons (Fsp3) is 0.292. The van der Waals surface area contributed by atoms with Crippen LogP contribution in [0.1, 0.15) is 17.4 Å². The molecular formula is C24H25ClN6O2. The molecule has 1 atom stereocenters. The Hall–Kier alpha value is -3.52. The van der Waals surface area contributed by atoms with Gasteiger partial charge in [-0.05, 0) is 31.2 Å². The third-order valence-electron chi connectivity index (χ3n) is 5.96. The van der Waals surface area contributed by atoms with Gasteiger partial charge in [0.2, 0.25) is 11.9 Å². The number of benzene rings is 2. The number of piperazine rings is 1. The second kappa shape index (κ2) is 8.78. The van der Waals surface area contributed by atoms with E-state index < -0.39 is 6.17 Å². The summed E-state index contributed by atoms with van der Waals surface area (Å²) in [6.07, 6.45) is -0.570. The van der Waals surface area contributed by atoms with Crippen LogP contribution in [0.3, 0.4) is 0 Å². The maximum atomic E-state index is 12.9. The Kier molecular flexibility index (Phi) is 5.68. The van der Waals surface area contributed by atoms with Gasteiger partial charge in [-0.25, -0.2) is 9.98 Å². The van der Waals surface area contributed by atoms with Gasteiger partial charge >= 0.3 is 0 Å². The van der Waals surface area contributed by atoms with Crippen LogP contribution in [-0.4, -0.2) is 53.7 Å². The van der Waals surface area contributed by atoms with Crippen molar-refractivity contribution in [1.29, 1.82) is 0 Å². The summed E-state index contributed by atoms with van der Waals surface area (Å²) in [5.74, 6) is 1.86. The normalized spacial score (nSPS) is 17.8. The molecule has 1 fully saturated rings. The second-order valence-corrected chi connectivity index (χ2v) is 8.51. The molecule has 0 spiro atoms. The van der Waals surface area contributed by atoms with Gasteiger partial charge in [0.1, 0.15) is 5.75 Å². The maximum absolute atomic E-state index is 12.9. The van der Waals surface area contributed by atoms with E-state index in [0.29, 0.717) is 23.4 Å². The molecule has 3 heterocycles. The SMILES string of the molecule is COc1ccccc1C1N=C(N2CCN(c3cccc(Cl)c3)CC2)Nc2nc(C)cc(=O)n21. The van der Waals surface area contributed by atoms with Crippen molar-refractivity contribution in [3.63, 3.8) is 0 Å². The molecule has 33 heavy (non-hydrogen) atoms. The highest BCUT2D eigenvalue weighted by molar-refractivity contribution is 6.30. The molecule has 0 bridgehead atoms. The number of para-hydroxylation sites is 1. The van der Waals surface area contributed by atoms with Crippen molar-refractivity contribution in [3.8, 4) is 5.75 Å². The van der Waals surface area contributed by atoms with Crippen LogP contribution in [-0.2, 0) is 0 Å². The minimum atomic E-state index is -0.570. The van der Waals surface area contributed by atoms with Crippen LogP contribution in [0.4, 0.5) is 11.6 Å². The van der Waals surface area contributed by atoms with Crippen molar-refractivity contribution in [1.82, 2.24) is 14.5 Å². The maximum Gasteiger partial charge on any atom is 0.257 e. The number of nitrogens with one attached hydrogen (secondary N) is 1. The van der Waals surface area contributed by atoms with Crippen molar-refractivity contribution in [2.45, 2.75) is 13.1 Å². The van der Waals surface area contributed by atoms with E-state index in [1.165, 1.54) is 6.07 Å². The lowest BCUT2D eigenvalue weighted by molar-refractivity contribution is 0.373. The van der Waals surface area contributed by atoms with Crippen molar-refractivity contribution in [3.05, 3.63) is 81.2 Å². The lowest BCUT2D eigenvalue weighted by Crippen LogP contribution is -2.52. The van der Waals surface area contributed by atoms with Gasteiger partial charge < -0.3 is 14.5 Å². The van der Waals surface area contributed by atoms with E-state index in [1.807, 2.05) is 49.4 Å². The van der Waals surface area contributed by atoms with E-state index in [0.717, 1.165) is 42.5 Å². The highest BCUT2D eigenvalue weighted by Crippen LogP contribution is 2.32. The van der Waals surface area contributed by atoms with Gasteiger partial charge in [0.25, 0.3) is 5.56 Å². The summed E-state index contributed by atoms with van der Waals surface area (Å²) < 4.78 is 7.15. The summed E-state index contributed by atoms with van der Waals surface area (Å²) in [4.78, 5) is 27.0. The van der Waals surface area contributed by atoms with Crippen LogP contribution in [0.15, 0.2) is 64.4 Å². The van der Waals surface area contributed by atoms with Crippen LogP contribution in [0.25, 0.3) is 0 Å². The van der Waals surface area contributed by atoms with Gasteiger partial charge in [-0.15, -0.1) is 0 Å². The number of aromatic nitrogens is 2. The smallest absolute Gasteiger partial charge is 0.257 e. The number of halogens is 1. The number of nitrogens with zero attached hydrogens (tertiary/aromatic N) is 5. The molecule has 170 valence electrons. The van der Waals surface area contributed by atoms with Crippen LogP contribution < -0.4 is 20.5 Å². The van der Waals surface area contributed by atoms with E-state index in [1.54, 1.807) is 11.7 Å². The van der Waals surface area contributed by atoms with E-state index in [4.69, 9.17) is 21.3 Å². The predicted octanol–water partition coefficient (Wildman–Crippen LogP) is 3.36. The summed E-state index contributed by atoms with van der Waals surface area (Å²) in [6.45, 7) is 5.01. The zero-order valence-corrected chi connectivity index (χ0v) is 19.3. The number of hydrogen-bond donors (Lipinski definition) is 1. The molecule has 3 aromatic rings.